The van der Waals surface area contributed by atoms with E-state index < -0.39 is 42.2 Å². The summed E-state index contributed by atoms with van der Waals surface area (Å²) in [4.78, 5) is 26.3. The fourth-order valence-electron chi connectivity index (χ4n) is 3.66. The zero-order valence-corrected chi connectivity index (χ0v) is 15.7. The molecule has 2 aliphatic rings. The van der Waals surface area contributed by atoms with Crippen LogP contribution < -0.4 is 10.6 Å². The van der Waals surface area contributed by atoms with E-state index in [1.54, 1.807) is 0 Å². The number of halogens is 3. The first kappa shape index (κ1) is 21.5. The summed E-state index contributed by atoms with van der Waals surface area (Å²) in [6, 6.07) is 3.83. The Morgan fingerprint density at radius 3 is 2.62 bits per heavy atom. The number of hydrogen-bond donors (Lipinski definition) is 3. The normalized spacial score (nSPS) is 23.7. The molecule has 2 heterocycles. The third-order valence-electron chi connectivity index (χ3n) is 5.23. The first-order chi connectivity index (χ1) is 13.7. The summed E-state index contributed by atoms with van der Waals surface area (Å²) in [5, 5.41) is 15.2. The number of hydrogen-bond acceptors (Lipinski definition) is 5. The summed E-state index contributed by atoms with van der Waals surface area (Å²) in [7, 11) is 0. The van der Waals surface area contributed by atoms with Gasteiger partial charge >= 0.3 is 6.18 Å². The van der Waals surface area contributed by atoms with Crippen LogP contribution in [0.1, 0.15) is 28.8 Å². The molecule has 7 nitrogen and oxygen atoms in total. The number of ether oxygens (including phenoxy) is 1. The highest BCUT2D eigenvalue weighted by Gasteiger charge is 2.36. The number of nitrogens with zero attached hydrogens (tertiary/aromatic N) is 1. The number of aliphatic hydroxyl groups excluding tert-OH is 1. The largest absolute Gasteiger partial charge is 0.416 e. The van der Waals surface area contributed by atoms with Gasteiger partial charge in [-0.2, -0.15) is 13.2 Å². The van der Waals surface area contributed by atoms with Gasteiger partial charge in [-0.1, -0.05) is 6.07 Å². The highest BCUT2D eigenvalue weighted by molar-refractivity contribution is 5.96. The van der Waals surface area contributed by atoms with Gasteiger partial charge in [0, 0.05) is 37.9 Å². The second kappa shape index (κ2) is 9.10. The van der Waals surface area contributed by atoms with Crippen molar-refractivity contribution >= 4 is 11.8 Å². The number of benzene rings is 1. The number of carbonyl (C=O) groups excluding carboxylic acids is 2. The fraction of sp³-hybridized carbons (Fsp3) is 0.579. The van der Waals surface area contributed by atoms with Gasteiger partial charge in [-0.3, -0.25) is 14.5 Å². The van der Waals surface area contributed by atoms with E-state index >= 15 is 0 Å². The lowest BCUT2D eigenvalue weighted by atomic mass is 10.1. The van der Waals surface area contributed by atoms with Crippen molar-refractivity contribution in [3.05, 3.63) is 35.4 Å². The predicted molar refractivity (Wildman–Crippen MR) is 97.1 cm³/mol. The molecule has 0 aliphatic carbocycles. The third kappa shape index (κ3) is 5.68. The predicted octanol–water partition coefficient (Wildman–Crippen LogP) is 0.775. The third-order valence-corrected chi connectivity index (χ3v) is 5.23. The maximum absolute atomic E-state index is 12.7. The molecular formula is C19H24F3N3O4. The van der Waals surface area contributed by atoms with Crippen molar-refractivity contribution in [2.45, 2.75) is 37.2 Å². The van der Waals surface area contributed by atoms with Gasteiger partial charge in [0.25, 0.3) is 5.91 Å². The lowest BCUT2D eigenvalue weighted by Gasteiger charge is -2.30. The Morgan fingerprint density at radius 1 is 1.21 bits per heavy atom. The van der Waals surface area contributed by atoms with Gasteiger partial charge in [0.15, 0.2) is 0 Å². The molecule has 29 heavy (non-hydrogen) atoms. The van der Waals surface area contributed by atoms with E-state index in [2.05, 4.69) is 15.5 Å². The van der Waals surface area contributed by atoms with E-state index in [1.807, 2.05) is 0 Å². The minimum atomic E-state index is -4.55. The van der Waals surface area contributed by atoms with Gasteiger partial charge in [-0.25, -0.2) is 0 Å². The average Bonchev–Trinajstić information content (AvgIpc) is 3.06. The van der Waals surface area contributed by atoms with Crippen molar-refractivity contribution < 1.29 is 32.6 Å². The Hall–Kier alpha value is -2.17. The number of rotatable bonds is 5. The SMILES string of the molecule is O=C(CNC(=O)c1cccc(C(F)(F)F)c1)N[C@H]1CN(C2CCOCC2)C[C@H]1O. The molecule has 2 aliphatic heterocycles. The lowest BCUT2D eigenvalue weighted by molar-refractivity contribution is -0.137. The van der Waals surface area contributed by atoms with Crippen molar-refractivity contribution in [3.8, 4) is 0 Å². The molecule has 0 spiro atoms. The average molecular weight is 415 g/mol. The highest BCUT2D eigenvalue weighted by atomic mass is 19.4. The molecular weight excluding hydrogens is 391 g/mol. The number of β-amino-alcohol motifs (C(OH)–C–C–N with tert-alkyl or cyclic N) is 1. The smallest absolute Gasteiger partial charge is 0.390 e. The van der Waals surface area contributed by atoms with Gasteiger partial charge in [0.2, 0.25) is 5.91 Å². The number of likely N-dealkylation sites (tertiary alicyclic amines) is 1. The Kier molecular flexibility index (Phi) is 6.76. The van der Waals surface area contributed by atoms with Gasteiger partial charge in [0.05, 0.1) is 24.3 Å². The fourth-order valence-corrected chi connectivity index (χ4v) is 3.66. The van der Waals surface area contributed by atoms with E-state index in [9.17, 15) is 27.9 Å². The molecule has 1 aromatic rings. The van der Waals surface area contributed by atoms with Gasteiger partial charge in [-0.15, -0.1) is 0 Å². The summed E-state index contributed by atoms with van der Waals surface area (Å²) < 4.78 is 43.6. The molecule has 1 aromatic carbocycles. The summed E-state index contributed by atoms with van der Waals surface area (Å²) in [6.07, 6.45) is -3.52. The van der Waals surface area contributed by atoms with E-state index in [1.165, 1.54) is 6.07 Å². The second-order valence-corrected chi connectivity index (χ2v) is 7.30. The van der Waals surface area contributed by atoms with Crippen LogP contribution in [0, 0.1) is 0 Å². The van der Waals surface area contributed by atoms with Crippen LogP contribution in [0.3, 0.4) is 0 Å². The van der Waals surface area contributed by atoms with Crippen molar-refractivity contribution in [1.82, 2.24) is 15.5 Å². The van der Waals surface area contributed by atoms with Crippen LogP contribution in [0.5, 0.6) is 0 Å². The Bertz CT molecular complexity index is 738. The van der Waals surface area contributed by atoms with Gasteiger partial charge in [-0.05, 0) is 31.0 Å². The topological polar surface area (TPSA) is 90.9 Å². The van der Waals surface area contributed by atoms with Crippen LogP contribution in [-0.2, 0) is 15.7 Å². The van der Waals surface area contributed by atoms with Crippen LogP contribution in [0.25, 0.3) is 0 Å². The minimum Gasteiger partial charge on any atom is -0.390 e. The van der Waals surface area contributed by atoms with Crippen molar-refractivity contribution in [3.63, 3.8) is 0 Å². The molecule has 2 saturated heterocycles. The summed E-state index contributed by atoms with van der Waals surface area (Å²) >= 11 is 0. The summed E-state index contributed by atoms with van der Waals surface area (Å²) in [5.41, 5.74) is -1.11. The first-order valence-electron chi connectivity index (χ1n) is 9.48. The molecule has 0 radical (unpaired) electrons. The first-order valence-corrected chi connectivity index (χ1v) is 9.48. The highest BCUT2D eigenvalue weighted by Crippen LogP contribution is 2.29. The second-order valence-electron chi connectivity index (χ2n) is 7.30. The van der Waals surface area contributed by atoms with Crippen molar-refractivity contribution in [2.75, 3.05) is 32.8 Å². The Balaban J connectivity index is 1.48. The van der Waals surface area contributed by atoms with Crippen LogP contribution in [0.15, 0.2) is 24.3 Å². The van der Waals surface area contributed by atoms with E-state index in [0.717, 1.165) is 31.0 Å². The summed E-state index contributed by atoms with van der Waals surface area (Å²) in [6.45, 7) is 1.91. The molecule has 0 aromatic heterocycles. The number of amides is 2. The number of carbonyl (C=O) groups is 2. The van der Waals surface area contributed by atoms with Crippen LogP contribution in [0.2, 0.25) is 0 Å². The zero-order chi connectivity index (χ0) is 21.0. The minimum absolute atomic E-state index is 0.181. The maximum Gasteiger partial charge on any atom is 0.416 e. The van der Waals surface area contributed by atoms with Crippen LogP contribution in [0.4, 0.5) is 13.2 Å². The maximum atomic E-state index is 12.7. The van der Waals surface area contributed by atoms with Crippen LogP contribution in [-0.4, -0.2) is 72.9 Å². The number of alkyl halides is 3. The zero-order valence-electron chi connectivity index (χ0n) is 15.7. The molecule has 2 fully saturated rings. The quantitative estimate of drug-likeness (QED) is 0.661. The molecule has 10 heteroatoms. The molecule has 3 N–H and O–H groups in total. The van der Waals surface area contributed by atoms with E-state index in [4.69, 9.17) is 4.74 Å². The lowest BCUT2D eigenvalue weighted by Crippen LogP contribution is -2.47. The number of aliphatic hydroxyl groups is 1. The van der Waals surface area contributed by atoms with E-state index in [0.29, 0.717) is 32.3 Å². The molecule has 0 saturated carbocycles. The molecule has 160 valence electrons. The molecule has 2 amide bonds. The molecule has 0 bridgehead atoms. The number of nitrogens with one attached hydrogen (secondary N) is 2. The Morgan fingerprint density at radius 2 is 1.93 bits per heavy atom. The Labute approximate surface area is 166 Å². The molecule has 0 unspecified atom stereocenters. The van der Waals surface area contributed by atoms with E-state index in [-0.39, 0.29) is 5.56 Å². The van der Waals surface area contributed by atoms with Crippen molar-refractivity contribution in [2.24, 2.45) is 0 Å². The van der Waals surface area contributed by atoms with Crippen molar-refractivity contribution in [1.29, 1.82) is 0 Å². The monoisotopic (exact) mass is 415 g/mol. The molecule has 3 rings (SSSR count). The van der Waals surface area contributed by atoms with Gasteiger partial charge < -0.3 is 20.5 Å². The van der Waals surface area contributed by atoms with Gasteiger partial charge in [0.1, 0.15) is 0 Å². The van der Waals surface area contributed by atoms with Crippen LogP contribution >= 0.6 is 0 Å². The molecule has 2 atom stereocenters. The standard InChI is InChI=1S/C19H24F3N3O4/c20-19(21,22)13-3-1-2-12(8-13)18(28)23-9-17(27)24-15-10-25(11-16(15)26)14-4-6-29-7-5-14/h1-3,8,14-16,26H,4-7,9-11H2,(H,23,28)(H,24,27)/t15-,16+/m0/s1. The summed E-state index contributed by atoms with van der Waals surface area (Å²) in [5.74, 6) is -1.29.